The summed E-state index contributed by atoms with van der Waals surface area (Å²) in [4.78, 5) is 12.0. The third-order valence-electron chi connectivity index (χ3n) is 3.15. The number of aromatic hydroxyl groups is 1. The van der Waals surface area contributed by atoms with Crippen LogP contribution in [0.25, 0.3) is 0 Å². The molecule has 2 rings (SSSR count). The molecule has 0 saturated carbocycles. The number of rotatable bonds is 4. The second-order valence-electron chi connectivity index (χ2n) is 4.69. The number of hydrogen-bond acceptors (Lipinski definition) is 2. The van der Waals surface area contributed by atoms with Crippen molar-refractivity contribution < 1.29 is 9.90 Å². The van der Waals surface area contributed by atoms with E-state index in [4.69, 9.17) is 11.6 Å². The number of benzene rings is 2. The molecule has 0 bridgehead atoms. The number of carbonyl (C=O) groups excluding carboxylic acids is 1. The molecule has 20 heavy (non-hydrogen) atoms. The number of phenols is 1. The first kappa shape index (κ1) is 14.4. The van der Waals surface area contributed by atoms with Crippen molar-refractivity contribution >= 4 is 17.5 Å². The van der Waals surface area contributed by atoms with Gasteiger partial charge in [-0.15, -0.1) is 0 Å². The van der Waals surface area contributed by atoms with Crippen LogP contribution in [0.3, 0.4) is 0 Å². The van der Waals surface area contributed by atoms with E-state index >= 15 is 0 Å². The average Bonchev–Trinajstić information content (AvgIpc) is 2.48. The number of phenolic OH excluding ortho intramolecular Hbond substituents is 1. The molecule has 0 aliphatic carbocycles. The van der Waals surface area contributed by atoms with Gasteiger partial charge in [0.1, 0.15) is 5.75 Å². The Morgan fingerprint density at radius 3 is 2.60 bits per heavy atom. The molecule has 4 heteroatoms. The third kappa shape index (κ3) is 3.52. The first-order chi connectivity index (χ1) is 9.58. The summed E-state index contributed by atoms with van der Waals surface area (Å²) < 4.78 is 0. The molecule has 1 unspecified atom stereocenters. The summed E-state index contributed by atoms with van der Waals surface area (Å²) >= 11 is 5.79. The number of hydrogen-bond donors (Lipinski definition) is 2. The smallest absolute Gasteiger partial charge is 0.251 e. The van der Waals surface area contributed by atoms with E-state index in [2.05, 4.69) is 12.2 Å². The first-order valence-electron chi connectivity index (χ1n) is 6.39. The Hall–Kier alpha value is -2.00. The predicted octanol–water partition coefficient (Wildman–Crippen LogP) is 3.58. The lowest BCUT2D eigenvalue weighted by atomic mass is 10.0. The van der Waals surface area contributed by atoms with Crippen molar-refractivity contribution in [1.29, 1.82) is 0 Å². The molecule has 0 aliphatic rings. The van der Waals surface area contributed by atoms with Crippen LogP contribution in [-0.2, 0) is 0 Å². The molecule has 3 nitrogen and oxygen atoms in total. The van der Waals surface area contributed by atoms with Gasteiger partial charge in [-0.25, -0.2) is 0 Å². The Morgan fingerprint density at radius 2 is 1.95 bits per heavy atom. The third-order valence-corrected chi connectivity index (χ3v) is 3.45. The van der Waals surface area contributed by atoms with Crippen molar-refractivity contribution in [3.63, 3.8) is 0 Å². The van der Waals surface area contributed by atoms with Crippen LogP contribution in [0.5, 0.6) is 5.75 Å². The highest BCUT2D eigenvalue weighted by molar-refractivity contribution is 6.32. The molecule has 1 atom stereocenters. The molecule has 0 radical (unpaired) electrons. The molecule has 2 aromatic rings. The molecule has 0 fully saturated rings. The van der Waals surface area contributed by atoms with E-state index in [0.717, 1.165) is 0 Å². The second-order valence-corrected chi connectivity index (χ2v) is 5.10. The lowest BCUT2D eigenvalue weighted by molar-refractivity contribution is 0.0951. The normalized spacial score (nSPS) is 11.9. The van der Waals surface area contributed by atoms with Crippen LogP contribution >= 0.6 is 11.6 Å². The van der Waals surface area contributed by atoms with Crippen molar-refractivity contribution in [2.24, 2.45) is 0 Å². The van der Waals surface area contributed by atoms with Crippen LogP contribution in [0.2, 0.25) is 5.02 Å². The van der Waals surface area contributed by atoms with Gasteiger partial charge in [0.25, 0.3) is 5.91 Å². The molecule has 2 N–H and O–H groups in total. The Morgan fingerprint density at radius 1 is 1.25 bits per heavy atom. The van der Waals surface area contributed by atoms with Crippen LogP contribution in [0, 0.1) is 0 Å². The molecule has 0 aromatic heterocycles. The van der Waals surface area contributed by atoms with Gasteiger partial charge in [-0.05, 0) is 29.7 Å². The number of amides is 1. The fourth-order valence-corrected chi connectivity index (χ4v) is 2.08. The van der Waals surface area contributed by atoms with E-state index in [1.807, 2.05) is 30.3 Å². The largest absolute Gasteiger partial charge is 0.506 e. The lowest BCUT2D eigenvalue weighted by Crippen LogP contribution is -2.27. The zero-order chi connectivity index (χ0) is 14.5. The molecular weight excluding hydrogens is 274 g/mol. The maximum absolute atomic E-state index is 12.0. The highest BCUT2D eigenvalue weighted by Crippen LogP contribution is 2.23. The summed E-state index contributed by atoms with van der Waals surface area (Å²) in [5, 5.41) is 12.4. The topological polar surface area (TPSA) is 49.3 Å². The fraction of sp³-hybridized carbons (Fsp3) is 0.188. The van der Waals surface area contributed by atoms with Gasteiger partial charge >= 0.3 is 0 Å². The predicted molar refractivity (Wildman–Crippen MR) is 80.3 cm³/mol. The Bertz CT molecular complexity index is 599. The van der Waals surface area contributed by atoms with E-state index < -0.39 is 0 Å². The summed E-state index contributed by atoms with van der Waals surface area (Å²) in [7, 11) is 0. The number of carbonyl (C=O) groups is 1. The van der Waals surface area contributed by atoms with Gasteiger partial charge in [0.2, 0.25) is 0 Å². The maximum atomic E-state index is 12.0. The molecule has 0 aliphatic heterocycles. The summed E-state index contributed by atoms with van der Waals surface area (Å²) in [5.74, 6) is 0.00304. The number of halogens is 1. The highest BCUT2D eigenvalue weighted by Gasteiger charge is 2.10. The van der Waals surface area contributed by atoms with Crippen LogP contribution in [0.15, 0.2) is 48.5 Å². The molecular formula is C16H16ClNO2. The van der Waals surface area contributed by atoms with Crippen molar-refractivity contribution in [2.45, 2.75) is 12.8 Å². The molecule has 2 aromatic carbocycles. The van der Waals surface area contributed by atoms with Crippen LogP contribution < -0.4 is 5.32 Å². The number of nitrogens with one attached hydrogen (secondary N) is 1. The Balaban J connectivity index is 1.97. The zero-order valence-electron chi connectivity index (χ0n) is 11.1. The average molecular weight is 290 g/mol. The Labute approximate surface area is 123 Å². The summed E-state index contributed by atoms with van der Waals surface area (Å²) in [5.41, 5.74) is 1.62. The molecule has 0 spiro atoms. The molecule has 0 saturated heterocycles. The molecule has 104 valence electrons. The van der Waals surface area contributed by atoms with E-state index in [1.165, 1.54) is 17.7 Å². The first-order valence-corrected chi connectivity index (χ1v) is 6.77. The van der Waals surface area contributed by atoms with Crippen molar-refractivity contribution in [2.75, 3.05) is 6.54 Å². The van der Waals surface area contributed by atoms with Gasteiger partial charge in [-0.3, -0.25) is 4.79 Å². The minimum absolute atomic E-state index is 0.0270. The summed E-state index contributed by atoms with van der Waals surface area (Å²) in [6.45, 7) is 2.60. The van der Waals surface area contributed by atoms with Crippen LogP contribution in [-0.4, -0.2) is 17.6 Å². The minimum Gasteiger partial charge on any atom is -0.506 e. The van der Waals surface area contributed by atoms with Crippen molar-refractivity contribution in [1.82, 2.24) is 5.32 Å². The van der Waals surface area contributed by atoms with Crippen LogP contribution in [0.1, 0.15) is 28.8 Å². The standard InChI is InChI=1S/C16H16ClNO2/c1-11(12-5-3-2-4-6-12)10-18-16(20)13-7-8-15(19)14(17)9-13/h2-9,11,19H,10H2,1H3,(H,18,20). The SMILES string of the molecule is CC(CNC(=O)c1ccc(O)c(Cl)c1)c1ccccc1. The highest BCUT2D eigenvalue weighted by atomic mass is 35.5. The van der Waals surface area contributed by atoms with Gasteiger partial charge < -0.3 is 10.4 Å². The zero-order valence-corrected chi connectivity index (χ0v) is 11.9. The molecule has 1 amide bonds. The quantitative estimate of drug-likeness (QED) is 0.904. The lowest BCUT2D eigenvalue weighted by Gasteiger charge is -2.13. The monoisotopic (exact) mass is 289 g/mol. The molecule has 0 heterocycles. The summed E-state index contributed by atoms with van der Waals surface area (Å²) in [6, 6.07) is 14.4. The van der Waals surface area contributed by atoms with Gasteiger partial charge in [0, 0.05) is 12.1 Å². The van der Waals surface area contributed by atoms with E-state index in [9.17, 15) is 9.90 Å². The van der Waals surface area contributed by atoms with Gasteiger partial charge in [0.05, 0.1) is 5.02 Å². The second kappa shape index (κ2) is 6.44. The summed E-state index contributed by atoms with van der Waals surface area (Å²) in [6.07, 6.45) is 0. The van der Waals surface area contributed by atoms with E-state index in [0.29, 0.717) is 12.1 Å². The van der Waals surface area contributed by atoms with Crippen LogP contribution in [0.4, 0.5) is 0 Å². The fourth-order valence-electron chi connectivity index (χ4n) is 1.90. The van der Waals surface area contributed by atoms with E-state index in [1.54, 1.807) is 6.07 Å². The van der Waals surface area contributed by atoms with Gasteiger partial charge in [-0.2, -0.15) is 0 Å². The Kier molecular flexibility index (Phi) is 4.64. The van der Waals surface area contributed by atoms with Crippen molar-refractivity contribution in [3.8, 4) is 5.75 Å². The minimum atomic E-state index is -0.199. The van der Waals surface area contributed by atoms with Gasteiger partial charge in [-0.1, -0.05) is 48.9 Å². The van der Waals surface area contributed by atoms with Gasteiger partial charge in [0.15, 0.2) is 0 Å². The van der Waals surface area contributed by atoms with Crippen molar-refractivity contribution in [3.05, 3.63) is 64.7 Å². The van der Waals surface area contributed by atoms with E-state index in [-0.39, 0.29) is 22.6 Å². The maximum Gasteiger partial charge on any atom is 0.251 e.